The number of nitrogens with zero attached hydrogens (tertiary/aromatic N) is 2. The molecule has 1 fully saturated rings. The molecule has 1 aliphatic rings. The van der Waals surface area contributed by atoms with Crippen molar-refractivity contribution in [3.63, 3.8) is 0 Å². The highest BCUT2D eigenvalue weighted by Crippen LogP contribution is 2.15. The van der Waals surface area contributed by atoms with Crippen LogP contribution in [0.15, 0.2) is 0 Å². The molecule has 1 rings (SSSR count). The number of piperidine rings is 1. The Morgan fingerprint density at radius 2 is 2.18 bits per heavy atom. The molecule has 0 bridgehead atoms. The van der Waals surface area contributed by atoms with Gasteiger partial charge in [0.15, 0.2) is 0 Å². The van der Waals surface area contributed by atoms with E-state index in [-0.39, 0.29) is 5.91 Å². The van der Waals surface area contributed by atoms with Crippen LogP contribution in [0.3, 0.4) is 0 Å². The van der Waals surface area contributed by atoms with Gasteiger partial charge in [0.2, 0.25) is 5.91 Å². The minimum atomic E-state index is 0.0346. The van der Waals surface area contributed by atoms with Gasteiger partial charge in [-0.15, -0.1) is 0 Å². The summed E-state index contributed by atoms with van der Waals surface area (Å²) in [4.78, 5) is 13.7. The zero-order valence-electron chi connectivity index (χ0n) is 10.5. The number of hydrogen-bond donors (Lipinski definition) is 2. The van der Waals surface area contributed by atoms with Crippen LogP contribution in [0.25, 0.3) is 0 Å². The molecule has 1 amide bonds. The lowest BCUT2D eigenvalue weighted by molar-refractivity contribution is -0.122. The standard InChI is InChI=1S/C12H22N4O/c1-14-9-11-3-7-16(8-4-11)10-12(17)15-6-2-5-13/h11,14H,2-4,6-10H2,1H3,(H,15,17). The average molecular weight is 238 g/mol. The highest BCUT2D eigenvalue weighted by molar-refractivity contribution is 5.78. The summed E-state index contributed by atoms with van der Waals surface area (Å²) in [5, 5.41) is 14.3. The molecular weight excluding hydrogens is 216 g/mol. The number of amides is 1. The van der Waals surface area contributed by atoms with Crippen molar-refractivity contribution < 1.29 is 4.79 Å². The van der Waals surface area contributed by atoms with Gasteiger partial charge in [-0.3, -0.25) is 9.69 Å². The van der Waals surface area contributed by atoms with Crippen LogP contribution in [0.4, 0.5) is 0 Å². The summed E-state index contributed by atoms with van der Waals surface area (Å²) in [6.45, 7) is 4.00. The van der Waals surface area contributed by atoms with E-state index in [1.165, 1.54) is 0 Å². The average Bonchev–Trinajstić information content (AvgIpc) is 2.32. The second-order valence-electron chi connectivity index (χ2n) is 4.54. The number of carbonyl (C=O) groups is 1. The molecule has 0 unspecified atom stereocenters. The van der Waals surface area contributed by atoms with Crippen molar-refractivity contribution in [2.24, 2.45) is 5.92 Å². The molecule has 1 heterocycles. The predicted molar refractivity (Wildman–Crippen MR) is 66.3 cm³/mol. The van der Waals surface area contributed by atoms with Gasteiger partial charge in [0.25, 0.3) is 0 Å². The number of likely N-dealkylation sites (tertiary alicyclic amines) is 1. The van der Waals surface area contributed by atoms with Crippen LogP contribution in [0.2, 0.25) is 0 Å². The van der Waals surface area contributed by atoms with E-state index in [2.05, 4.69) is 15.5 Å². The number of nitrogens with one attached hydrogen (secondary N) is 2. The minimum absolute atomic E-state index is 0.0346. The Morgan fingerprint density at radius 1 is 1.47 bits per heavy atom. The molecule has 17 heavy (non-hydrogen) atoms. The van der Waals surface area contributed by atoms with E-state index >= 15 is 0 Å². The molecule has 0 aromatic carbocycles. The summed E-state index contributed by atoms with van der Waals surface area (Å²) in [6.07, 6.45) is 2.70. The van der Waals surface area contributed by atoms with E-state index in [0.29, 0.717) is 19.5 Å². The highest BCUT2D eigenvalue weighted by atomic mass is 16.2. The Morgan fingerprint density at radius 3 is 2.76 bits per heavy atom. The summed E-state index contributed by atoms with van der Waals surface area (Å²) in [7, 11) is 1.98. The van der Waals surface area contributed by atoms with Crippen molar-refractivity contribution in [3.05, 3.63) is 0 Å². The lowest BCUT2D eigenvalue weighted by Gasteiger charge is -2.31. The van der Waals surface area contributed by atoms with Gasteiger partial charge in [0.1, 0.15) is 0 Å². The SMILES string of the molecule is CNCC1CCN(CC(=O)NCCC#N)CC1. The molecule has 5 nitrogen and oxygen atoms in total. The Balaban J connectivity index is 2.13. The second-order valence-corrected chi connectivity index (χ2v) is 4.54. The van der Waals surface area contributed by atoms with Crippen LogP contribution in [-0.2, 0) is 4.79 Å². The van der Waals surface area contributed by atoms with Gasteiger partial charge in [-0.1, -0.05) is 0 Å². The van der Waals surface area contributed by atoms with Crippen molar-refractivity contribution in [1.82, 2.24) is 15.5 Å². The fourth-order valence-electron chi connectivity index (χ4n) is 2.15. The first-order valence-electron chi connectivity index (χ1n) is 6.27. The van der Waals surface area contributed by atoms with Gasteiger partial charge in [0.05, 0.1) is 19.0 Å². The zero-order chi connectivity index (χ0) is 12.5. The van der Waals surface area contributed by atoms with E-state index in [4.69, 9.17) is 5.26 Å². The second kappa shape index (κ2) is 8.04. The summed E-state index contributed by atoms with van der Waals surface area (Å²) >= 11 is 0. The van der Waals surface area contributed by atoms with E-state index < -0.39 is 0 Å². The van der Waals surface area contributed by atoms with Crippen LogP contribution in [0.1, 0.15) is 19.3 Å². The molecule has 0 atom stereocenters. The smallest absolute Gasteiger partial charge is 0.234 e. The molecule has 1 saturated heterocycles. The number of hydrogen-bond acceptors (Lipinski definition) is 4. The summed E-state index contributed by atoms with van der Waals surface area (Å²) in [6, 6.07) is 2.01. The third-order valence-corrected chi connectivity index (χ3v) is 3.13. The summed E-state index contributed by atoms with van der Waals surface area (Å²) in [5.41, 5.74) is 0. The van der Waals surface area contributed by atoms with Gasteiger partial charge in [-0.2, -0.15) is 5.26 Å². The van der Waals surface area contributed by atoms with Gasteiger partial charge >= 0.3 is 0 Å². The van der Waals surface area contributed by atoms with Crippen molar-refractivity contribution >= 4 is 5.91 Å². The normalized spacial score (nSPS) is 17.6. The lowest BCUT2D eigenvalue weighted by Crippen LogP contribution is -2.42. The Kier molecular flexibility index (Phi) is 6.60. The molecule has 0 saturated carbocycles. The van der Waals surface area contributed by atoms with Crippen LogP contribution in [0, 0.1) is 17.2 Å². The first-order chi connectivity index (χ1) is 8.26. The Hall–Kier alpha value is -1.12. The number of rotatable bonds is 6. The molecule has 5 heteroatoms. The summed E-state index contributed by atoms with van der Waals surface area (Å²) < 4.78 is 0. The molecule has 0 aromatic rings. The van der Waals surface area contributed by atoms with Crippen molar-refractivity contribution in [1.29, 1.82) is 5.26 Å². The first kappa shape index (κ1) is 13.9. The Bertz CT molecular complexity index is 266. The van der Waals surface area contributed by atoms with Crippen LogP contribution < -0.4 is 10.6 Å². The monoisotopic (exact) mass is 238 g/mol. The molecule has 0 spiro atoms. The van der Waals surface area contributed by atoms with E-state index in [0.717, 1.165) is 38.4 Å². The molecule has 0 radical (unpaired) electrons. The minimum Gasteiger partial charge on any atom is -0.354 e. The largest absolute Gasteiger partial charge is 0.354 e. The fourth-order valence-corrected chi connectivity index (χ4v) is 2.15. The third kappa shape index (κ3) is 5.66. The van der Waals surface area contributed by atoms with Crippen molar-refractivity contribution in [2.75, 3.05) is 39.8 Å². The fraction of sp³-hybridized carbons (Fsp3) is 0.833. The van der Waals surface area contributed by atoms with Crippen molar-refractivity contribution in [3.8, 4) is 6.07 Å². The maximum absolute atomic E-state index is 11.5. The maximum atomic E-state index is 11.5. The molecule has 0 aromatic heterocycles. The maximum Gasteiger partial charge on any atom is 0.234 e. The quantitative estimate of drug-likeness (QED) is 0.637. The molecular formula is C12H22N4O. The molecule has 96 valence electrons. The van der Waals surface area contributed by atoms with Gasteiger partial charge in [0, 0.05) is 6.54 Å². The summed E-state index contributed by atoms with van der Waals surface area (Å²) in [5.74, 6) is 0.783. The molecule has 2 N–H and O–H groups in total. The molecule has 1 aliphatic heterocycles. The topological polar surface area (TPSA) is 68.2 Å². The van der Waals surface area contributed by atoms with Crippen LogP contribution in [0.5, 0.6) is 0 Å². The number of carbonyl (C=O) groups excluding carboxylic acids is 1. The van der Waals surface area contributed by atoms with Gasteiger partial charge in [-0.05, 0) is 45.4 Å². The van der Waals surface area contributed by atoms with E-state index in [1.54, 1.807) is 0 Å². The first-order valence-corrected chi connectivity index (χ1v) is 6.27. The highest BCUT2D eigenvalue weighted by Gasteiger charge is 2.19. The number of nitriles is 1. The van der Waals surface area contributed by atoms with Gasteiger partial charge in [-0.25, -0.2) is 0 Å². The van der Waals surface area contributed by atoms with Crippen molar-refractivity contribution in [2.45, 2.75) is 19.3 Å². The van der Waals surface area contributed by atoms with Gasteiger partial charge < -0.3 is 10.6 Å². The Labute approximate surface area is 103 Å². The predicted octanol–water partition coefficient (Wildman–Crippen LogP) is -0.0523. The zero-order valence-corrected chi connectivity index (χ0v) is 10.5. The van der Waals surface area contributed by atoms with E-state index in [9.17, 15) is 4.79 Å². The molecule has 0 aliphatic carbocycles. The van der Waals surface area contributed by atoms with Crippen LogP contribution in [-0.4, -0.2) is 50.6 Å². The lowest BCUT2D eigenvalue weighted by atomic mass is 9.97. The third-order valence-electron chi connectivity index (χ3n) is 3.13. The van der Waals surface area contributed by atoms with Crippen LogP contribution >= 0.6 is 0 Å². The van der Waals surface area contributed by atoms with E-state index in [1.807, 2.05) is 13.1 Å².